The molecule has 0 spiro atoms. The van der Waals surface area contributed by atoms with Crippen molar-refractivity contribution in [3.8, 4) is 0 Å². The Bertz CT molecular complexity index is 156. The monoisotopic (exact) mass is 184 g/mol. The number of hydrogen-bond acceptors (Lipinski definition) is 2. The van der Waals surface area contributed by atoms with Crippen molar-refractivity contribution >= 4 is 0 Å². The van der Waals surface area contributed by atoms with Gasteiger partial charge in [-0.1, -0.05) is 6.92 Å². The fourth-order valence-corrected chi connectivity index (χ4v) is 2.08. The summed E-state index contributed by atoms with van der Waals surface area (Å²) in [6, 6.07) is 0.695. The van der Waals surface area contributed by atoms with Crippen LogP contribution in [0.4, 0.5) is 0 Å². The Morgan fingerprint density at radius 2 is 2.00 bits per heavy atom. The van der Waals surface area contributed by atoms with E-state index in [0.29, 0.717) is 11.5 Å². The molecule has 1 aliphatic heterocycles. The van der Waals surface area contributed by atoms with E-state index in [-0.39, 0.29) is 0 Å². The summed E-state index contributed by atoms with van der Waals surface area (Å²) in [6.07, 6.45) is 3.88. The van der Waals surface area contributed by atoms with Gasteiger partial charge in [-0.3, -0.25) is 0 Å². The summed E-state index contributed by atoms with van der Waals surface area (Å²) in [6.45, 7) is 10.2. The van der Waals surface area contributed by atoms with Gasteiger partial charge in [0.15, 0.2) is 0 Å². The summed E-state index contributed by atoms with van der Waals surface area (Å²) in [5, 5.41) is 0. The van der Waals surface area contributed by atoms with Crippen LogP contribution in [0.2, 0.25) is 0 Å². The quantitative estimate of drug-likeness (QED) is 0.709. The Morgan fingerprint density at radius 1 is 1.31 bits per heavy atom. The Morgan fingerprint density at radius 3 is 2.54 bits per heavy atom. The van der Waals surface area contributed by atoms with Gasteiger partial charge in [0.2, 0.25) is 0 Å². The molecule has 0 aliphatic carbocycles. The highest BCUT2D eigenvalue weighted by atomic mass is 15.1. The van der Waals surface area contributed by atoms with E-state index < -0.39 is 0 Å². The molecule has 0 aromatic carbocycles. The van der Waals surface area contributed by atoms with Crippen molar-refractivity contribution in [3.05, 3.63) is 0 Å². The standard InChI is InChI=1S/C11H24N2/c1-10(2)13-7-4-5-11(3,9-12)6-8-13/h10H,4-9,12H2,1-3H3. The van der Waals surface area contributed by atoms with E-state index in [1.807, 2.05) is 0 Å². The average Bonchev–Trinajstić information content (AvgIpc) is 2.28. The molecule has 2 heteroatoms. The van der Waals surface area contributed by atoms with Crippen LogP contribution >= 0.6 is 0 Å². The van der Waals surface area contributed by atoms with E-state index in [1.165, 1.54) is 32.4 Å². The van der Waals surface area contributed by atoms with E-state index >= 15 is 0 Å². The molecule has 1 rings (SSSR count). The second-order valence-electron chi connectivity index (χ2n) is 5.00. The van der Waals surface area contributed by atoms with Gasteiger partial charge in [0, 0.05) is 6.04 Å². The summed E-state index contributed by atoms with van der Waals surface area (Å²) >= 11 is 0. The molecule has 0 amide bonds. The van der Waals surface area contributed by atoms with Gasteiger partial charge >= 0.3 is 0 Å². The Kier molecular flexibility index (Phi) is 3.74. The van der Waals surface area contributed by atoms with Crippen molar-refractivity contribution in [3.63, 3.8) is 0 Å². The minimum atomic E-state index is 0.406. The van der Waals surface area contributed by atoms with Crippen molar-refractivity contribution in [1.82, 2.24) is 4.90 Å². The fraction of sp³-hybridized carbons (Fsp3) is 1.00. The molecule has 1 saturated heterocycles. The highest BCUT2D eigenvalue weighted by Gasteiger charge is 2.26. The molecule has 0 bridgehead atoms. The summed E-state index contributed by atoms with van der Waals surface area (Å²) in [5.74, 6) is 0. The molecule has 78 valence electrons. The van der Waals surface area contributed by atoms with Crippen LogP contribution in [0.15, 0.2) is 0 Å². The average molecular weight is 184 g/mol. The smallest absolute Gasteiger partial charge is 0.00385 e. The Labute approximate surface area is 82.5 Å². The minimum Gasteiger partial charge on any atom is -0.330 e. The van der Waals surface area contributed by atoms with Gasteiger partial charge in [-0.15, -0.1) is 0 Å². The van der Waals surface area contributed by atoms with E-state index in [0.717, 1.165) is 6.54 Å². The first-order valence-electron chi connectivity index (χ1n) is 5.51. The van der Waals surface area contributed by atoms with Crippen LogP contribution in [0.3, 0.4) is 0 Å². The maximum absolute atomic E-state index is 5.81. The van der Waals surface area contributed by atoms with Crippen molar-refractivity contribution in [2.24, 2.45) is 11.1 Å². The molecule has 1 aliphatic rings. The first-order valence-corrected chi connectivity index (χ1v) is 5.51. The van der Waals surface area contributed by atoms with Gasteiger partial charge in [0.1, 0.15) is 0 Å². The number of likely N-dealkylation sites (tertiary alicyclic amines) is 1. The third-order valence-corrected chi connectivity index (χ3v) is 3.45. The van der Waals surface area contributed by atoms with E-state index in [2.05, 4.69) is 25.7 Å². The molecule has 1 atom stereocenters. The van der Waals surface area contributed by atoms with E-state index in [4.69, 9.17) is 5.73 Å². The molecule has 13 heavy (non-hydrogen) atoms. The molecule has 2 N–H and O–H groups in total. The summed E-state index contributed by atoms with van der Waals surface area (Å²) in [7, 11) is 0. The van der Waals surface area contributed by atoms with Gasteiger partial charge in [-0.05, 0) is 58.2 Å². The van der Waals surface area contributed by atoms with E-state index in [9.17, 15) is 0 Å². The lowest BCUT2D eigenvalue weighted by Crippen LogP contribution is -2.33. The summed E-state index contributed by atoms with van der Waals surface area (Å²) in [4.78, 5) is 2.57. The molecule has 0 aromatic rings. The number of nitrogens with zero attached hydrogens (tertiary/aromatic N) is 1. The van der Waals surface area contributed by atoms with E-state index in [1.54, 1.807) is 0 Å². The second kappa shape index (κ2) is 4.43. The SMILES string of the molecule is CC(C)N1CCCC(C)(CN)CC1. The van der Waals surface area contributed by atoms with Crippen LogP contribution < -0.4 is 5.73 Å². The molecular weight excluding hydrogens is 160 g/mol. The molecular formula is C11H24N2. The van der Waals surface area contributed by atoms with Crippen LogP contribution in [-0.4, -0.2) is 30.6 Å². The maximum atomic E-state index is 5.81. The predicted octanol–water partition coefficient (Wildman–Crippen LogP) is 1.85. The number of nitrogens with two attached hydrogens (primary N) is 1. The van der Waals surface area contributed by atoms with Crippen LogP contribution in [0.5, 0.6) is 0 Å². The highest BCUT2D eigenvalue weighted by Crippen LogP contribution is 2.29. The lowest BCUT2D eigenvalue weighted by molar-refractivity contribution is 0.215. The van der Waals surface area contributed by atoms with Crippen LogP contribution in [0.1, 0.15) is 40.0 Å². The molecule has 2 nitrogen and oxygen atoms in total. The van der Waals surface area contributed by atoms with Crippen LogP contribution in [0.25, 0.3) is 0 Å². The lowest BCUT2D eigenvalue weighted by atomic mass is 9.83. The zero-order chi connectivity index (χ0) is 9.90. The molecule has 0 radical (unpaired) electrons. The van der Waals surface area contributed by atoms with Crippen molar-refractivity contribution in [2.75, 3.05) is 19.6 Å². The molecule has 0 saturated carbocycles. The normalized spacial score (nSPS) is 32.1. The third-order valence-electron chi connectivity index (χ3n) is 3.45. The van der Waals surface area contributed by atoms with Gasteiger partial charge in [-0.25, -0.2) is 0 Å². The number of hydrogen-bond donors (Lipinski definition) is 1. The summed E-state index contributed by atoms with van der Waals surface area (Å²) < 4.78 is 0. The van der Waals surface area contributed by atoms with Crippen molar-refractivity contribution in [2.45, 2.75) is 46.1 Å². The molecule has 1 heterocycles. The lowest BCUT2D eigenvalue weighted by Gasteiger charge is -2.27. The topological polar surface area (TPSA) is 29.3 Å². The first-order chi connectivity index (χ1) is 6.07. The third kappa shape index (κ3) is 2.96. The van der Waals surface area contributed by atoms with Crippen molar-refractivity contribution < 1.29 is 0 Å². The molecule has 1 unspecified atom stereocenters. The summed E-state index contributed by atoms with van der Waals surface area (Å²) in [5.41, 5.74) is 6.22. The zero-order valence-corrected chi connectivity index (χ0v) is 9.34. The fourth-order valence-electron chi connectivity index (χ4n) is 2.08. The highest BCUT2D eigenvalue weighted by molar-refractivity contribution is 4.81. The van der Waals surface area contributed by atoms with Crippen molar-refractivity contribution in [1.29, 1.82) is 0 Å². The second-order valence-corrected chi connectivity index (χ2v) is 5.00. The van der Waals surface area contributed by atoms with Crippen LogP contribution in [-0.2, 0) is 0 Å². The zero-order valence-electron chi connectivity index (χ0n) is 9.34. The molecule has 0 aromatic heterocycles. The largest absolute Gasteiger partial charge is 0.330 e. The number of rotatable bonds is 2. The van der Waals surface area contributed by atoms with Gasteiger partial charge in [0.05, 0.1) is 0 Å². The van der Waals surface area contributed by atoms with Gasteiger partial charge in [0.25, 0.3) is 0 Å². The van der Waals surface area contributed by atoms with Gasteiger partial charge < -0.3 is 10.6 Å². The maximum Gasteiger partial charge on any atom is 0.00385 e. The Balaban J connectivity index is 2.48. The predicted molar refractivity (Wildman–Crippen MR) is 57.7 cm³/mol. The molecule has 1 fully saturated rings. The van der Waals surface area contributed by atoms with Crippen LogP contribution in [0, 0.1) is 5.41 Å². The Hall–Kier alpha value is -0.0800. The minimum absolute atomic E-state index is 0.406. The van der Waals surface area contributed by atoms with Gasteiger partial charge in [-0.2, -0.15) is 0 Å². The first kappa shape index (κ1) is 11.0.